The Labute approximate surface area is 181 Å². The van der Waals surface area contributed by atoms with Crippen molar-refractivity contribution in [3.05, 3.63) is 47.2 Å². The Kier molecular flexibility index (Phi) is 6.80. The van der Waals surface area contributed by atoms with Crippen molar-refractivity contribution in [3.63, 3.8) is 0 Å². The van der Waals surface area contributed by atoms with Crippen LogP contribution in [0.5, 0.6) is 0 Å². The largest absolute Gasteiger partial charge is 0.383 e. The highest BCUT2D eigenvalue weighted by molar-refractivity contribution is 7.89. The highest BCUT2D eigenvalue weighted by atomic mass is 32.2. The van der Waals surface area contributed by atoms with Crippen molar-refractivity contribution >= 4 is 27.7 Å². The Morgan fingerprint density at radius 3 is 2.77 bits per heavy atom. The lowest BCUT2D eigenvalue weighted by Gasteiger charge is -2.31. The van der Waals surface area contributed by atoms with Gasteiger partial charge in [-0.15, -0.1) is 0 Å². The molecule has 1 aromatic heterocycles. The van der Waals surface area contributed by atoms with E-state index in [0.717, 1.165) is 0 Å². The maximum Gasteiger partial charge on any atom is 0.248 e. The SMILES string of the molecule is Cc1ccc(NC(=O)[C@@H]2CCCN(S(=O)(=O)c3c(C)noc3/C=C/N(C)C)C2)cc1F. The second-order valence-electron chi connectivity index (χ2n) is 7.90. The number of aromatic nitrogens is 1. The van der Waals surface area contributed by atoms with Crippen LogP contribution in [0.4, 0.5) is 10.1 Å². The van der Waals surface area contributed by atoms with E-state index in [1.165, 1.54) is 10.4 Å². The van der Waals surface area contributed by atoms with Crippen LogP contribution >= 0.6 is 0 Å². The number of aryl methyl sites for hydroxylation is 2. The summed E-state index contributed by atoms with van der Waals surface area (Å²) in [4.78, 5) is 14.5. The molecule has 10 heteroatoms. The first kappa shape index (κ1) is 23.0. The average molecular weight is 451 g/mol. The third-order valence-electron chi connectivity index (χ3n) is 5.15. The van der Waals surface area contributed by atoms with Crippen LogP contribution in [0.15, 0.2) is 33.8 Å². The molecule has 0 bridgehead atoms. The van der Waals surface area contributed by atoms with Crippen LogP contribution in [0, 0.1) is 25.6 Å². The molecular formula is C21H27FN4O4S. The van der Waals surface area contributed by atoms with Gasteiger partial charge in [-0.3, -0.25) is 4.79 Å². The quantitative estimate of drug-likeness (QED) is 0.727. The Balaban J connectivity index is 1.79. The molecule has 1 amide bonds. The fourth-order valence-corrected chi connectivity index (χ4v) is 5.21. The van der Waals surface area contributed by atoms with Gasteiger partial charge in [0.05, 0.1) is 5.92 Å². The molecule has 1 saturated heterocycles. The van der Waals surface area contributed by atoms with Gasteiger partial charge in [0.15, 0.2) is 10.7 Å². The molecule has 0 spiro atoms. The van der Waals surface area contributed by atoms with E-state index in [0.29, 0.717) is 30.6 Å². The minimum Gasteiger partial charge on any atom is -0.383 e. The number of benzene rings is 1. The first-order valence-corrected chi connectivity index (χ1v) is 11.4. The summed E-state index contributed by atoms with van der Waals surface area (Å²) >= 11 is 0. The number of hydrogen-bond acceptors (Lipinski definition) is 6. The summed E-state index contributed by atoms with van der Waals surface area (Å²) in [7, 11) is -0.298. The van der Waals surface area contributed by atoms with E-state index in [9.17, 15) is 17.6 Å². The topological polar surface area (TPSA) is 95.8 Å². The van der Waals surface area contributed by atoms with Gasteiger partial charge in [0.25, 0.3) is 0 Å². The van der Waals surface area contributed by atoms with Crippen molar-refractivity contribution in [2.75, 3.05) is 32.5 Å². The minimum absolute atomic E-state index is 0.00673. The molecule has 3 rings (SSSR count). The molecule has 0 aliphatic carbocycles. The highest BCUT2D eigenvalue weighted by Gasteiger charge is 2.37. The van der Waals surface area contributed by atoms with E-state index in [4.69, 9.17) is 4.52 Å². The number of nitrogens with one attached hydrogen (secondary N) is 1. The van der Waals surface area contributed by atoms with E-state index in [1.807, 2.05) is 14.1 Å². The molecule has 1 aliphatic rings. The second-order valence-corrected chi connectivity index (χ2v) is 9.77. The Hall–Kier alpha value is -2.72. The summed E-state index contributed by atoms with van der Waals surface area (Å²) in [5.74, 6) is -1.15. The number of amides is 1. The molecule has 2 heterocycles. The van der Waals surface area contributed by atoms with Crippen molar-refractivity contribution in [2.45, 2.75) is 31.6 Å². The molecule has 2 aromatic rings. The third kappa shape index (κ3) is 5.13. The smallest absolute Gasteiger partial charge is 0.248 e. The minimum atomic E-state index is -3.91. The summed E-state index contributed by atoms with van der Waals surface area (Å²) in [5.41, 5.74) is 1.09. The summed E-state index contributed by atoms with van der Waals surface area (Å²) in [6.07, 6.45) is 4.30. The molecule has 0 radical (unpaired) electrons. The van der Waals surface area contributed by atoms with Crippen molar-refractivity contribution in [2.24, 2.45) is 5.92 Å². The van der Waals surface area contributed by atoms with Gasteiger partial charge in [0.2, 0.25) is 15.9 Å². The molecule has 1 atom stereocenters. The van der Waals surface area contributed by atoms with Gasteiger partial charge in [-0.25, -0.2) is 12.8 Å². The molecule has 1 fully saturated rings. The molecule has 1 aliphatic heterocycles. The maximum absolute atomic E-state index is 13.8. The van der Waals surface area contributed by atoms with Crippen LogP contribution in [-0.2, 0) is 14.8 Å². The van der Waals surface area contributed by atoms with Crippen LogP contribution < -0.4 is 5.32 Å². The van der Waals surface area contributed by atoms with Crippen LogP contribution in [0.25, 0.3) is 6.08 Å². The normalized spacial score (nSPS) is 17.8. The van der Waals surface area contributed by atoms with E-state index in [-0.39, 0.29) is 28.8 Å². The van der Waals surface area contributed by atoms with Crippen molar-refractivity contribution in [1.29, 1.82) is 0 Å². The predicted octanol–water partition coefficient (Wildman–Crippen LogP) is 3.00. The van der Waals surface area contributed by atoms with Gasteiger partial charge >= 0.3 is 0 Å². The Morgan fingerprint density at radius 1 is 1.35 bits per heavy atom. The number of sulfonamides is 1. The molecular weight excluding hydrogens is 423 g/mol. The number of piperidine rings is 1. The fraction of sp³-hybridized carbons (Fsp3) is 0.429. The lowest BCUT2D eigenvalue weighted by molar-refractivity contribution is -0.120. The van der Waals surface area contributed by atoms with Gasteiger partial charge in [-0.05, 0) is 44.4 Å². The van der Waals surface area contributed by atoms with Gasteiger partial charge in [0, 0.05) is 45.1 Å². The zero-order chi connectivity index (χ0) is 22.8. The zero-order valence-electron chi connectivity index (χ0n) is 18.1. The van der Waals surface area contributed by atoms with Gasteiger partial charge in [0.1, 0.15) is 11.5 Å². The second kappa shape index (κ2) is 9.19. The maximum atomic E-state index is 13.8. The van der Waals surface area contributed by atoms with Crippen LogP contribution in [-0.4, -0.2) is 55.9 Å². The molecule has 0 unspecified atom stereocenters. The highest BCUT2D eigenvalue weighted by Crippen LogP contribution is 2.29. The Bertz CT molecular complexity index is 1090. The van der Waals surface area contributed by atoms with Gasteiger partial charge < -0.3 is 14.7 Å². The summed E-state index contributed by atoms with van der Waals surface area (Å²) in [6, 6.07) is 4.46. The first-order valence-electron chi connectivity index (χ1n) is 9.97. The molecule has 0 saturated carbocycles. The lowest BCUT2D eigenvalue weighted by atomic mass is 9.98. The van der Waals surface area contributed by atoms with Gasteiger partial charge in [-0.2, -0.15) is 4.31 Å². The summed E-state index contributed by atoms with van der Waals surface area (Å²) in [5, 5.41) is 6.51. The zero-order valence-corrected chi connectivity index (χ0v) is 18.9. The molecule has 8 nitrogen and oxygen atoms in total. The van der Waals surface area contributed by atoms with Crippen LogP contribution in [0.2, 0.25) is 0 Å². The molecule has 31 heavy (non-hydrogen) atoms. The third-order valence-corrected chi connectivity index (χ3v) is 7.17. The van der Waals surface area contributed by atoms with Crippen molar-refractivity contribution in [1.82, 2.24) is 14.4 Å². The Morgan fingerprint density at radius 2 is 2.10 bits per heavy atom. The number of anilines is 1. The van der Waals surface area contributed by atoms with Crippen molar-refractivity contribution < 1.29 is 22.1 Å². The predicted molar refractivity (Wildman–Crippen MR) is 115 cm³/mol. The van der Waals surface area contributed by atoms with E-state index in [1.54, 1.807) is 43.2 Å². The molecule has 168 valence electrons. The van der Waals surface area contributed by atoms with Crippen LogP contribution in [0.3, 0.4) is 0 Å². The number of halogens is 1. The van der Waals surface area contributed by atoms with E-state index >= 15 is 0 Å². The van der Waals surface area contributed by atoms with E-state index in [2.05, 4.69) is 10.5 Å². The first-order chi connectivity index (χ1) is 14.6. The number of hydrogen-bond donors (Lipinski definition) is 1. The number of carbonyl (C=O) groups excluding carboxylic acids is 1. The fourth-order valence-electron chi connectivity index (χ4n) is 3.43. The van der Waals surface area contributed by atoms with Crippen LogP contribution in [0.1, 0.15) is 29.9 Å². The van der Waals surface area contributed by atoms with E-state index < -0.39 is 21.8 Å². The lowest BCUT2D eigenvalue weighted by Crippen LogP contribution is -2.43. The van der Waals surface area contributed by atoms with Gasteiger partial charge in [-0.1, -0.05) is 11.2 Å². The summed E-state index contributed by atoms with van der Waals surface area (Å²) in [6.45, 7) is 3.54. The monoisotopic (exact) mass is 450 g/mol. The number of nitrogens with zero attached hydrogens (tertiary/aromatic N) is 3. The van der Waals surface area contributed by atoms with Crippen molar-refractivity contribution in [3.8, 4) is 0 Å². The summed E-state index contributed by atoms with van der Waals surface area (Å²) < 4.78 is 47.0. The number of carbonyl (C=O) groups is 1. The molecule has 1 N–H and O–H groups in total. The number of rotatable bonds is 6. The standard InChI is InChI=1S/C21H27FN4O4S/c1-14-7-8-17(12-18(14)22)23-21(27)16-6-5-10-26(13-16)31(28,29)20-15(2)24-30-19(20)9-11-25(3)4/h7-9,11-12,16H,5-6,10,13H2,1-4H3,(H,23,27)/b11-9+/t16-/m1/s1. The average Bonchev–Trinajstić information content (AvgIpc) is 3.10. The molecule has 1 aromatic carbocycles.